The van der Waals surface area contributed by atoms with Gasteiger partial charge in [0.1, 0.15) is 0 Å². The van der Waals surface area contributed by atoms with Crippen molar-refractivity contribution in [1.82, 2.24) is 0 Å². The summed E-state index contributed by atoms with van der Waals surface area (Å²) >= 11 is 0. The fraction of sp³-hybridized carbons (Fsp3) is 0.222. The van der Waals surface area contributed by atoms with Gasteiger partial charge in [-0.05, 0) is 18.6 Å². The number of benzene rings is 1. The number of para-hydroxylation sites is 1. The molecule has 1 aromatic carbocycles. The predicted molar refractivity (Wildman–Crippen MR) is 41.4 cm³/mol. The first kappa shape index (κ1) is 6.53. The molecule has 1 aliphatic rings. The molecule has 1 radical (unpaired) electrons. The van der Waals surface area contributed by atoms with Gasteiger partial charge in [0.25, 0.3) is 0 Å². The largest absolute Gasteiger partial charge is 0.442 e. The standard InChI is InChI=1S/C9H9O2/c1-6-4-3-5-8-9(6)11-7(2)10-8/h3-5H,1-2H3. The first-order valence-electron chi connectivity index (χ1n) is 3.56. The van der Waals surface area contributed by atoms with Crippen molar-refractivity contribution in [3.8, 4) is 11.5 Å². The third-order valence-electron chi connectivity index (χ3n) is 1.68. The van der Waals surface area contributed by atoms with E-state index in [2.05, 4.69) is 0 Å². The lowest BCUT2D eigenvalue weighted by molar-refractivity contribution is 0.186. The van der Waals surface area contributed by atoms with Crippen LogP contribution >= 0.6 is 0 Å². The molecule has 0 saturated carbocycles. The summed E-state index contributed by atoms with van der Waals surface area (Å²) in [7, 11) is 0. The number of aryl methyl sites for hydroxylation is 1. The Morgan fingerprint density at radius 3 is 2.64 bits per heavy atom. The Morgan fingerprint density at radius 2 is 1.91 bits per heavy atom. The van der Waals surface area contributed by atoms with Crippen LogP contribution in [0.25, 0.3) is 0 Å². The van der Waals surface area contributed by atoms with Gasteiger partial charge in [0.15, 0.2) is 11.5 Å². The second-order valence-electron chi connectivity index (χ2n) is 2.60. The Labute approximate surface area is 65.7 Å². The lowest BCUT2D eigenvalue weighted by Gasteiger charge is -1.98. The van der Waals surface area contributed by atoms with Crippen LogP contribution in [0.15, 0.2) is 18.2 Å². The van der Waals surface area contributed by atoms with Crippen molar-refractivity contribution in [2.45, 2.75) is 13.8 Å². The fourth-order valence-electron chi connectivity index (χ4n) is 1.16. The van der Waals surface area contributed by atoms with Crippen molar-refractivity contribution in [3.05, 3.63) is 30.1 Å². The highest BCUT2D eigenvalue weighted by Crippen LogP contribution is 2.39. The van der Waals surface area contributed by atoms with Crippen LogP contribution in [-0.4, -0.2) is 0 Å². The van der Waals surface area contributed by atoms with Gasteiger partial charge in [-0.1, -0.05) is 12.1 Å². The van der Waals surface area contributed by atoms with E-state index in [1.165, 1.54) is 0 Å². The predicted octanol–water partition coefficient (Wildman–Crippen LogP) is 2.28. The summed E-state index contributed by atoms with van der Waals surface area (Å²) in [5.74, 6) is 1.67. The molecule has 0 aliphatic carbocycles. The number of hydrogen-bond donors (Lipinski definition) is 0. The van der Waals surface area contributed by atoms with E-state index < -0.39 is 0 Å². The van der Waals surface area contributed by atoms with Crippen LogP contribution < -0.4 is 9.47 Å². The summed E-state index contributed by atoms with van der Waals surface area (Å²) in [5, 5.41) is 0. The molecule has 0 N–H and O–H groups in total. The lowest BCUT2D eigenvalue weighted by atomic mass is 10.2. The highest BCUT2D eigenvalue weighted by Gasteiger charge is 2.22. The normalized spacial score (nSPS) is 15.5. The fourth-order valence-corrected chi connectivity index (χ4v) is 1.16. The van der Waals surface area contributed by atoms with Crippen LogP contribution in [-0.2, 0) is 0 Å². The maximum absolute atomic E-state index is 5.33. The van der Waals surface area contributed by atoms with Crippen molar-refractivity contribution in [2.75, 3.05) is 0 Å². The van der Waals surface area contributed by atoms with Crippen molar-refractivity contribution in [2.24, 2.45) is 0 Å². The average Bonchev–Trinajstić information content (AvgIpc) is 2.31. The molecular formula is C9H9O2. The third-order valence-corrected chi connectivity index (χ3v) is 1.68. The van der Waals surface area contributed by atoms with Crippen LogP contribution in [0.5, 0.6) is 11.5 Å². The summed E-state index contributed by atoms with van der Waals surface area (Å²) in [4.78, 5) is 0. The van der Waals surface area contributed by atoms with Gasteiger partial charge in [0, 0.05) is 6.92 Å². The summed E-state index contributed by atoms with van der Waals surface area (Å²) < 4.78 is 10.6. The minimum Gasteiger partial charge on any atom is -0.442 e. The summed E-state index contributed by atoms with van der Waals surface area (Å²) in [5.41, 5.74) is 1.11. The third kappa shape index (κ3) is 0.946. The molecule has 11 heavy (non-hydrogen) atoms. The number of ether oxygens (including phenoxy) is 2. The lowest BCUT2D eigenvalue weighted by Crippen LogP contribution is -2.00. The number of rotatable bonds is 0. The Morgan fingerprint density at radius 1 is 1.09 bits per heavy atom. The Bertz CT molecular complexity index is 281. The minimum absolute atomic E-state index is 0.606. The number of hydrogen-bond acceptors (Lipinski definition) is 2. The molecule has 57 valence electrons. The molecule has 2 nitrogen and oxygen atoms in total. The molecule has 1 aromatic rings. The molecule has 0 atom stereocenters. The minimum atomic E-state index is 0.606. The molecule has 0 amide bonds. The summed E-state index contributed by atoms with van der Waals surface area (Å²) in [6.45, 7) is 3.81. The van der Waals surface area contributed by atoms with E-state index in [-0.39, 0.29) is 0 Å². The summed E-state index contributed by atoms with van der Waals surface area (Å²) in [6.07, 6.45) is 0.606. The Balaban J connectivity index is 2.49. The van der Waals surface area contributed by atoms with Crippen LogP contribution in [0.3, 0.4) is 0 Å². The molecule has 2 rings (SSSR count). The SMILES string of the molecule is C[C]1Oc2cccc(C)c2O1. The van der Waals surface area contributed by atoms with Crippen LogP contribution in [0.2, 0.25) is 0 Å². The highest BCUT2D eigenvalue weighted by molar-refractivity contribution is 5.48. The molecule has 2 heteroatoms. The quantitative estimate of drug-likeness (QED) is 0.563. The van der Waals surface area contributed by atoms with E-state index in [1.807, 2.05) is 25.1 Å². The molecule has 0 spiro atoms. The van der Waals surface area contributed by atoms with Crippen molar-refractivity contribution >= 4 is 0 Å². The zero-order valence-corrected chi connectivity index (χ0v) is 6.55. The maximum Gasteiger partial charge on any atom is 0.326 e. The van der Waals surface area contributed by atoms with Crippen molar-refractivity contribution in [3.63, 3.8) is 0 Å². The number of fused-ring (bicyclic) bond motifs is 1. The second-order valence-corrected chi connectivity index (χ2v) is 2.60. The van der Waals surface area contributed by atoms with Gasteiger partial charge in [-0.15, -0.1) is 0 Å². The average molecular weight is 149 g/mol. The van der Waals surface area contributed by atoms with E-state index >= 15 is 0 Å². The first-order valence-corrected chi connectivity index (χ1v) is 3.56. The smallest absolute Gasteiger partial charge is 0.326 e. The van der Waals surface area contributed by atoms with Crippen LogP contribution in [0, 0.1) is 13.2 Å². The topological polar surface area (TPSA) is 18.5 Å². The van der Waals surface area contributed by atoms with Gasteiger partial charge in [0.2, 0.25) is 0 Å². The van der Waals surface area contributed by atoms with E-state index in [0.29, 0.717) is 6.29 Å². The molecule has 0 saturated heterocycles. The first-order chi connectivity index (χ1) is 5.27. The van der Waals surface area contributed by atoms with Gasteiger partial charge in [-0.3, -0.25) is 0 Å². The van der Waals surface area contributed by atoms with Gasteiger partial charge >= 0.3 is 6.29 Å². The van der Waals surface area contributed by atoms with Crippen LogP contribution in [0.4, 0.5) is 0 Å². The molecule has 1 aliphatic heterocycles. The Hall–Kier alpha value is -1.18. The molecule has 0 aromatic heterocycles. The van der Waals surface area contributed by atoms with E-state index in [1.54, 1.807) is 6.92 Å². The van der Waals surface area contributed by atoms with Crippen molar-refractivity contribution in [1.29, 1.82) is 0 Å². The molecular weight excluding hydrogens is 140 g/mol. The zero-order chi connectivity index (χ0) is 7.84. The zero-order valence-electron chi connectivity index (χ0n) is 6.55. The van der Waals surface area contributed by atoms with E-state index in [4.69, 9.17) is 9.47 Å². The van der Waals surface area contributed by atoms with Gasteiger partial charge in [-0.25, -0.2) is 0 Å². The molecule has 0 fully saturated rings. The molecule has 1 heterocycles. The molecule has 0 bridgehead atoms. The van der Waals surface area contributed by atoms with Gasteiger partial charge in [0.05, 0.1) is 0 Å². The molecule has 0 unspecified atom stereocenters. The van der Waals surface area contributed by atoms with Crippen molar-refractivity contribution < 1.29 is 9.47 Å². The Kier molecular flexibility index (Phi) is 1.28. The second kappa shape index (κ2) is 2.16. The van der Waals surface area contributed by atoms with E-state index in [9.17, 15) is 0 Å². The van der Waals surface area contributed by atoms with Crippen LogP contribution in [0.1, 0.15) is 12.5 Å². The van der Waals surface area contributed by atoms with Gasteiger partial charge < -0.3 is 9.47 Å². The van der Waals surface area contributed by atoms with E-state index in [0.717, 1.165) is 17.1 Å². The maximum atomic E-state index is 5.33. The summed E-state index contributed by atoms with van der Waals surface area (Å²) in [6, 6.07) is 5.86. The van der Waals surface area contributed by atoms with Gasteiger partial charge in [-0.2, -0.15) is 0 Å². The monoisotopic (exact) mass is 149 g/mol. The highest BCUT2D eigenvalue weighted by atomic mass is 16.7.